The molecule has 0 spiro atoms. The first kappa shape index (κ1) is 14.9. The maximum Gasteiger partial charge on any atom is 0.340 e. The van der Waals surface area contributed by atoms with E-state index in [1.807, 2.05) is 0 Å². The minimum Gasteiger partial charge on any atom is -0.504 e. The largest absolute Gasteiger partial charge is 0.504 e. The van der Waals surface area contributed by atoms with Gasteiger partial charge in [-0.15, -0.1) is 0 Å². The van der Waals surface area contributed by atoms with Gasteiger partial charge in [0.1, 0.15) is 5.58 Å². The van der Waals surface area contributed by atoms with Crippen LogP contribution in [0.15, 0.2) is 21.3 Å². The molecule has 112 valence electrons. The quantitative estimate of drug-likeness (QED) is 0.684. The van der Waals surface area contributed by atoms with Crippen LogP contribution in [0.3, 0.4) is 0 Å². The number of ether oxygens (including phenoxy) is 2. The second-order valence-electron chi connectivity index (χ2n) is 4.50. The maximum absolute atomic E-state index is 12.0. The van der Waals surface area contributed by atoms with Crippen molar-refractivity contribution < 1.29 is 23.8 Å². The number of rotatable bonds is 4. The van der Waals surface area contributed by atoms with Crippen molar-refractivity contribution in [2.24, 2.45) is 0 Å². The lowest BCUT2D eigenvalue weighted by atomic mass is 10.0. The molecule has 0 fully saturated rings. The number of carbonyl (C=O) groups excluding carboxylic acids is 1. The van der Waals surface area contributed by atoms with Gasteiger partial charge < -0.3 is 19.0 Å². The van der Waals surface area contributed by atoms with Gasteiger partial charge in [-0.1, -0.05) is 0 Å². The van der Waals surface area contributed by atoms with Crippen molar-refractivity contribution in [3.8, 4) is 11.5 Å². The van der Waals surface area contributed by atoms with Crippen LogP contribution in [0, 0.1) is 6.92 Å². The Morgan fingerprint density at radius 3 is 2.71 bits per heavy atom. The molecule has 1 aromatic heterocycles. The van der Waals surface area contributed by atoms with Gasteiger partial charge in [-0.2, -0.15) is 0 Å². The summed E-state index contributed by atoms with van der Waals surface area (Å²) in [6.07, 6.45) is -0.152. The number of aromatic hydroxyl groups is 1. The first-order valence-electron chi connectivity index (χ1n) is 6.46. The van der Waals surface area contributed by atoms with Gasteiger partial charge in [-0.25, -0.2) is 4.79 Å². The zero-order chi connectivity index (χ0) is 15.6. The van der Waals surface area contributed by atoms with E-state index in [1.165, 1.54) is 13.2 Å². The molecule has 6 nitrogen and oxygen atoms in total. The summed E-state index contributed by atoms with van der Waals surface area (Å²) in [4.78, 5) is 23.5. The Morgan fingerprint density at radius 2 is 2.10 bits per heavy atom. The molecule has 21 heavy (non-hydrogen) atoms. The molecular weight excluding hydrogens is 276 g/mol. The molecule has 0 bridgehead atoms. The van der Waals surface area contributed by atoms with Crippen LogP contribution in [-0.4, -0.2) is 24.8 Å². The lowest BCUT2D eigenvalue weighted by molar-refractivity contribution is -0.142. The number of phenolic OH excluding ortho intramolecular Hbond substituents is 1. The third-order valence-corrected chi connectivity index (χ3v) is 3.21. The number of methoxy groups -OCH3 is 1. The second kappa shape index (κ2) is 5.87. The van der Waals surface area contributed by atoms with E-state index >= 15 is 0 Å². The molecule has 0 saturated carbocycles. The van der Waals surface area contributed by atoms with E-state index < -0.39 is 11.6 Å². The Balaban J connectivity index is 2.60. The third kappa shape index (κ3) is 2.84. The van der Waals surface area contributed by atoms with Crippen LogP contribution < -0.4 is 10.4 Å². The van der Waals surface area contributed by atoms with E-state index in [1.54, 1.807) is 19.9 Å². The fourth-order valence-electron chi connectivity index (χ4n) is 2.13. The fraction of sp³-hybridized carbons (Fsp3) is 0.333. The number of hydrogen-bond acceptors (Lipinski definition) is 6. The van der Waals surface area contributed by atoms with Gasteiger partial charge in [0, 0.05) is 11.5 Å². The van der Waals surface area contributed by atoms with Crippen molar-refractivity contribution >= 4 is 16.9 Å². The summed E-state index contributed by atoms with van der Waals surface area (Å²) in [5.41, 5.74) is 0.474. The van der Waals surface area contributed by atoms with E-state index in [2.05, 4.69) is 0 Å². The summed E-state index contributed by atoms with van der Waals surface area (Å²) >= 11 is 0. The standard InChI is InChI=1S/C15H16O6/c1-4-20-14(17)6-10-8(2)9-5-13(19-3)11(16)7-12(9)21-15(10)18/h5,7,16H,4,6H2,1-3H3. The SMILES string of the molecule is CCOC(=O)Cc1c(C)c2cc(OC)c(O)cc2oc1=O. The van der Waals surface area contributed by atoms with Crippen molar-refractivity contribution in [1.29, 1.82) is 0 Å². The van der Waals surface area contributed by atoms with E-state index in [0.29, 0.717) is 10.9 Å². The minimum absolute atomic E-state index is 0.120. The van der Waals surface area contributed by atoms with E-state index in [-0.39, 0.29) is 35.7 Å². The lowest BCUT2D eigenvalue weighted by Gasteiger charge is -2.10. The Kier molecular flexibility index (Phi) is 4.16. The van der Waals surface area contributed by atoms with Crippen LogP contribution in [0.25, 0.3) is 11.0 Å². The van der Waals surface area contributed by atoms with Gasteiger partial charge in [0.2, 0.25) is 0 Å². The topological polar surface area (TPSA) is 86.0 Å². The molecule has 2 aromatic rings. The molecule has 0 aliphatic heterocycles. The predicted octanol–water partition coefficient (Wildman–Crippen LogP) is 1.92. The summed E-state index contributed by atoms with van der Waals surface area (Å²) in [6.45, 7) is 3.66. The van der Waals surface area contributed by atoms with Crippen LogP contribution in [0.4, 0.5) is 0 Å². The smallest absolute Gasteiger partial charge is 0.340 e. The van der Waals surface area contributed by atoms with Crippen LogP contribution in [0.1, 0.15) is 18.1 Å². The molecule has 0 atom stereocenters. The van der Waals surface area contributed by atoms with Gasteiger partial charge in [0.05, 0.1) is 25.7 Å². The molecule has 1 N–H and O–H groups in total. The van der Waals surface area contributed by atoms with Crippen LogP contribution in [-0.2, 0) is 16.0 Å². The number of fused-ring (bicyclic) bond motifs is 1. The highest BCUT2D eigenvalue weighted by molar-refractivity contribution is 5.86. The zero-order valence-electron chi connectivity index (χ0n) is 12.1. The second-order valence-corrected chi connectivity index (χ2v) is 4.50. The molecule has 1 heterocycles. The van der Waals surface area contributed by atoms with Crippen LogP contribution in [0.5, 0.6) is 11.5 Å². The Labute approximate surface area is 120 Å². The van der Waals surface area contributed by atoms with Crippen molar-refractivity contribution in [2.45, 2.75) is 20.3 Å². The molecule has 0 radical (unpaired) electrons. The Hall–Kier alpha value is -2.50. The first-order valence-corrected chi connectivity index (χ1v) is 6.46. The normalized spacial score (nSPS) is 10.6. The number of phenols is 1. The van der Waals surface area contributed by atoms with E-state index in [4.69, 9.17) is 13.9 Å². The van der Waals surface area contributed by atoms with E-state index in [9.17, 15) is 14.7 Å². The third-order valence-electron chi connectivity index (χ3n) is 3.21. The lowest BCUT2D eigenvalue weighted by Crippen LogP contribution is -2.17. The number of esters is 1. The molecular formula is C15H16O6. The van der Waals surface area contributed by atoms with Gasteiger partial charge in [0.25, 0.3) is 0 Å². The molecule has 0 saturated heterocycles. The predicted molar refractivity (Wildman–Crippen MR) is 75.8 cm³/mol. The van der Waals surface area contributed by atoms with E-state index in [0.717, 1.165) is 0 Å². The Bertz CT molecular complexity index is 744. The first-order chi connectivity index (χ1) is 9.97. The average molecular weight is 292 g/mol. The van der Waals surface area contributed by atoms with Crippen molar-refractivity contribution in [2.75, 3.05) is 13.7 Å². The average Bonchev–Trinajstić information content (AvgIpc) is 2.43. The number of aryl methyl sites for hydroxylation is 1. The summed E-state index contributed by atoms with van der Waals surface area (Å²) in [6, 6.07) is 2.88. The van der Waals surface area contributed by atoms with Crippen LogP contribution >= 0.6 is 0 Å². The summed E-state index contributed by atoms with van der Waals surface area (Å²) in [7, 11) is 1.43. The van der Waals surface area contributed by atoms with Crippen LogP contribution in [0.2, 0.25) is 0 Å². The summed E-state index contributed by atoms with van der Waals surface area (Å²) < 4.78 is 15.0. The fourth-order valence-corrected chi connectivity index (χ4v) is 2.13. The van der Waals surface area contributed by atoms with Gasteiger partial charge in [0.15, 0.2) is 11.5 Å². The number of hydrogen-bond donors (Lipinski definition) is 1. The van der Waals surface area contributed by atoms with Gasteiger partial charge in [-0.05, 0) is 25.5 Å². The highest BCUT2D eigenvalue weighted by Crippen LogP contribution is 2.32. The Morgan fingerprint density at radius 1 is 1.38 bits per heavy atom. The molecule has 2 rings (SSSR count). The number of benzene rings is 1. The minimum atomic E-state index is -0.613. The number of carbonyl (C=O) groups is 1. The molecule has 0 unspecified atom stereocenters. The van der Waals surface area contributed by atoms with Crippen molar-refractivity contribution in [1.82, 2.24) is 0 Å². The molecule has 0 aliphatic rings. The van der Waals surface area contributed by atoms with Gasteiger partial charge >= 0.3 is 11.6 Å². The van der Waals surface area contributed by atoms with Crippen molar-refractivity contribution in [3.05, 3.63) is 33.7 Å². The highest BCUT2D eigenvalue weighted by Gasteiger charge is 2.17. The summed E-state index contributed by atoms with van der Waals surface area (Å²) in [5, 5.41) is 10.3. The monoisotopic (exact) mass is 292 g/mol. The molecule has 1 aromatic carbocycles. The van der Waals surface area contributed by atoms with Gasteiger partial charge in [-0.3, -0.25) is 4.79 Å². The molecule has 0 amide bonds. The van der Waals surface area contributed by atoms with Crippen molar-refractivity contribution in [3.63, 3.8) is 0 Å². The molecule has 6 heteroatoms. The maximum atomic E-state index is 12.0. The highest BCUT2D eigenvalue weighted by atomic mass is 16.5. The molecule has 0 aliphatic carbocycles. The zero-order valence-corrected chi connectivity index (χ0v) is 12.1. The summed E-state index contributed by atoms with van der Waals surface area (Å²) in [5.74, 6) is -0.342.